The highest BCUT2D eigenvalue weighted by atomic mass is 16.6. The zero-order valence-electron chi connectivity index (χ0n) is 14.5. The summed E-state index contributed by atoms with van der Waals surface area (Å²) in [4.78, 5) is 24.8. The fourth-order valence-electron chi connectivity index (χ4n) is 3.04. The maximum atomic E-state index is 13.3. The van der Waals surface area contributed by atoms with Gasteiger partial charge < -0.3 is 15.1 Å². The minimum Gasteiger partial charge on any atom is -0.623 e. The number of aliphatic hydroxyl groups is 1. The first-order chi connectivity index (χ1) is 13.0. The van der Waals surface area contributed by atoms with Crippen LogP contribution in [0, 0.1) is 15.3 Å². The quantitative estimate of drug-likeness (QED) is 0.262. The van der Waals surface area contributed by atoms with Gasteiger partial charge in [-0.2, -0.15) is 0 Å². The van der Waals surface area contributed by atoms with E-state index in [0.717, 1.165) is 0 Å². The maximum absolute atomic E-state index is 13.3. The molecule has 9 heteroatoms. The Morgan fingerprint density at radius 2 is 1.96 bits per heavy atom. The van der Waals surface area contributed by atoms with Gasteiger partial charge >= 0.3 is 6.03 Å². The Kier molecular flexibility index (Phi) is 5.47. The molecule has 0 saturated heterocycles. The third-order valence-corrected chi connectivity index (χ3v) is 4.33. The monoisotopic (exact) mass is 373 g/mol. The summed E-state index contributed by atoms with van der Waals surface area (Å²) < 4.78 is 3.98. The summed E-state index contributed by atoms with van der Waals surface area (Å²) in [6.07, 6.45) is 0. The van der Waals surface area contributed by atoms with Crippen molar-refractivity contribution in [2.75, 3.05) is 31.3 Å². The number of hydrogen-bond donors (Lipinski definition) is 1. The normalized spacial score (nSPS) is 19.0. The first-order valence-corrected chi connectivity index (χ1v) is 8.40. The lowest BCUT2D eigenvalue weighted by atomic mass is 10.1. The van der Waals surface area contributed by atoms with Crippen molar-refractivity contribution in [2.24, 2.45) is 0 Å². The molecule has 2 aromatic carbocycles. The Hall–Kier alpha value is -2.85. The Labute approximate surface area is 155 Å². The fraction of sp³-hybridized carbons (Fsp3) is 0.278. The van der Waals surface area contributed by atoms with Crippen molar-refractivity contribution < 1.29 is 24.2 Å². The molecule has 0 saturated carbocycles. The standard InChI is InChI=1S/C18H19N3O6/c22-9-11-27-10-8-21(26)13-14-4-1-2-7-17(14)19(18(21)23)15-5-3-6-16(12-15)20(24)25/h1-7,12,22H,8-11,13H2. The van der Waals surface area contributed by atoms with Gasteiger partial charge in [0.1, 0.15) is 13.1 Å². The smallest absolute Gasteiger partial charge is 0.428 e. The van der Waals surface area contributed by atoms with E-state index in [4.69, 9.17) is 9.84 Å². The molecule has 27 heavy (non-hydrogen) atoms. The molecule has 1 heterocycles. The molecule has 1 unspecified atom stereocenters. The number of nitrogens with zero attached hydrogens (tertiary/aromatic N) is 3. The number of carbonyl (C=O) groups is 1. The van der Waals surface area contributed by atoms with E-state index in [2.05, 4.69) is 0 Å². The zero-order chi connectivity index (χ0) is 19.4. The van der Waals surface area contributed by atoms with Crippen molar-refractivity contribution >= 4 is 23.1 Å². The Bertz CT molecular complexity index is 858. The van der Waals surface area contributed by atoms with Gasteiger partial charge in [-0.25, -0.2) is 9.69 Å². The highest BCUT2D eigenvalue weighted by Crippen LogP contribution is 2.38. The number of nitro groups is 1. The molecule has 0 aromatic heterocycles. The number of hydroxylamine groups is 3. The highest BCUT2D eigenvalue weighted by molar-refractivity contribution is 5.98. The molecular weight excluding hydrogens is 354 g/mol. The van der Waals surface area contributed by atoms with Gasteiger partial charge in [-0.05, 0) is 12.1 Å². The largest absolute Gasteiger partial charge is 0.623 e. The van der Waals surface area contributed by atoms with E-state index in [-0.39, 0.29) is 44.3 Å². The van der Waals surface area contributed by atoms with Crippen LogP contribution in [0.5, 0.6) is 0 Å². The molecule has 2 aromatic rings. The number of non-ortho nitro benzene ring substituents is 1. The van der Waals surface area contributed by atoms with Gasteiger partial charge in [0, 0.05) is 17.7 Å². The predicted molar refractivity (Wildman–Crippen MR) is 97.2 cm³/mol. The molecule has 1 aliphatic heterocycles. The molecule has 1 aliphatic rings. The van der Waals surface area contributed by atoms with Crippen LogP contribution in [0.4, 0.5) is 21.9 Å². The van der Waals surface area contributed by atoms with E-state index < -0.39 is 15.6 Å². The Morgan fingerprint density at radius 1 is 1.19 bits per heavy atom. The van der Waals surface area contributed by atoms with E-state index in [0.29, 0.717) is 11.3 Å². The minimum atomic E-state index is -1.18. The Balaban J connectivity index is 2.00. The average Bonchev–Trinajstić information content (AvgIpc) is 2.66. The van der Waals surface area contributed by atoms with Crippen LogP contribution in [0.15, 0.2) is 48.5 Å². The van der Waals surface area contributed by atoms with Gasteiger partial charge in [0.15, 0.2) is 0 Å². The molecule has 0 fully saturated rings. The van der Waals surface area contributed by atoms with Gasteiger partial charge in [-0.15, -0.1) is 0 Å². The van der Waals surface area contributed by atoms with Crippen molar-refractivity contribution in [2.45, 2.75) is 6.54 Å². The number of quaternary nitrogens is 1. The number of ether oxygens (including phenoxy) is 1. The van der Waals surface area contributed by atoms with Crippen LogP contribution in [0.1, 0.15) is 5.56 Å². The van der Waals surface area contributed by atoms with Gasteiger partial charge in [0.2, 0.25) is 0 Å². The van der Waals surface area contributed by atoms with Crippen molar-refractivity contribution in [1.82, 2.24) is 0 Å². The second kappa shape index (κ2) is 7.80. The lowest BCUT2D eigenvalue weighted by molar-refractivity contribution is -0.814. The number of benzene rings is 2. The zero-order valence-corrected chi connectivity index (χ0v) is 14.5. The van der Waals surface area contributed by atoms with Gasteiger partial charge in [-0.1, -0.05) is 24.3 Å². The summed E-state index contributed by atoms with van der Waals surface area (Å²) in [6, 6.07) is 11.9. The Morgan fingerprint density at radius 3 is 2.70 bits per heavy atom. The van der Waals surface area contributed by atoms with Crippen LogP contribution < -0.4 is 4.90 Å². The number of amides is 2. The van der Waals surface area contributed by atoms with E-state index in [1.54, 1.807) is 30.3 Å². The molecule has 1 N–H and O–H groups in total. The first-order valence-electron chi connectivity index (χ1n) is 8.40. The van der Waals surface area contributed by atoms with Crippen LogP contribution in [0.25, 0.3) is 0 Å². The number of anilines is 2. The topological polar surface area (TPSA) is 116 Å². The van der Waals surface area contributed by atoms with Crippen LogP contribution in [-0.4, -0.2) is 47.1 Å². The maximum Gasteiger partial charge on any atom is 0.428 e. The number of urea groups is 1. The summed E-state index contributed by atoms with van der Waals surface area (Å²) in [5.74, 6) is 0. The molecular formula is C18H19N3O6. The molecule has 0 radical (unpaired) electrons. The molecule has 9 nitrogen and oxygen atoms in total. The van der Waals surface area contributed by atoms with Crippen molar-refractivity contribution in [1.29, 1.82) is 0 Å². The SMILES string of the molecule is O=C1N(c2cccc([N+](=O)[O-])c2)c2ccccc2C[N+]1([O-])CCOCCO. The number of nitro benzene ring substituents is 1. The minimum absolute atomic E-state index is 0.0146. The second-order valence-corrected chi connectivity index (χ2v) is 6.13. The molecule has 0 spiro atoms. The van der Waals surface area contributed by atoms with Gasteiger partial charge in [-0.3, -0.25) is 14.8 Å². The van der Waals surface area contributed by atoms with E-state index >= 15 is 0 Å². The predicted octanol–water partition coefficient (Wildman–Crippen LogP) is 2.69. The summed E-state index contributed by atoms with van der Waals surface area (Å²) in [7, 11) is 0. The molecule has 2 amide bonds. The van der Waals surface area contributed by atoms with Crippen LogP contribution in [0.3, 0.4) is 0 Å². The third-order valence-electron chi connectivity index (χ3n) is 4.33. The molecule has 1 atom stereocenters. The van der Waals surface area contributed by atoms with E-state index in [1.807, 2.05) is 0 Å². The average molecular weight is 373 g/mol. The summed E-state index contributed by atoms with van der Waals surface area (Å²) in [6.45, 7) is -0.253. The van der Waals surface area contributed by atoms with Crippen LogP contribution >= 0.6 is 0 Å². The molecule has 0 aliphatic carbocycles. The van der Waals surface area contributed by atoms with Gasteiger partial charge in [0.25, 0.3) is 5.69 Å². The number of fused-ring (bicyclic) bond motifs is 1. The molecule has 142 valence electrons. The van der Waals surface area contributed by atoms with E-state index in [9.17, 15) is 20.1 Å². The third kappa shape index (κ3) is 3.81. The lowest BCUT2D eigenvalue weighted by Crippen LogP contribution is -2.57. The number of aliphatic hydroxyl groups excluding tert-OH is 1. The number of carbonyl (C=O) groups excluding carboxylic acids is 1. The fourth-order valence-corrected chi connectivity index (χ4v) is 3.04. The lowest BCUT2D eigenvalue weighted by Gasteiger charge is -2.46. The van der Waals surface area contributed by atoms with Crippen molar-refractivity contribution in [3.63, 3.8) is 0 Å². The number of rotatable bonds is 7. The summed E-state index contributed by atoms with van der Waals surface area (Å²) in [5, 5.41) is 33.1. The van der Waals surface area contributed by atoms with Crippen LogP contribution in [0.2, 0.25) is 0 Å². The number of para-hydroxylation sites is 1. The number of hydrogen-bond acceptors (Lipinski definition) is 6. The van der Waals surface area contributed by atoms with Crippen LogP contribution in [-0.2, 0) is 11.3 Å². The van der Waals surface area contributed by atoms with Gasteiger partial charge in [0.05, 0.1) is 36.1 Å². The summed E-state index contributed by atoms with van der Waals surface area (Å²) in [5.41, 5.74) is 1.29. The molecule has 0 bridgehead atoms. The second-order valence-electron chi connectivity index (χ2n) is 6.13. The van der Waals surface area contributed by atoms with Crippen molar-refractivity contribution in [3.8, 4) is 0 Å². The van der Waals surface area contributed by atoms with Crippen molar-refractivity contribution in [3.05, 3.63) is 69.4 Å². The first kappa shape index (κ1) is 18.9. The summed E-state index contributed by atoms with van der Waals surface area (Å²) >= 11 is 0. The van der Waals surface area contributed by atoms with E-state index in [1.165, 1.54) is 23.1 Å². The molecule has 3 rings (SSSR count). The highest BCUT2D eigenvalue weighted by Gasteiger charge is 2.41.